The molecule has 5 heteroatoms. The van der Waals surface area contributed by atoms with E-state index in [1.165, 1.54) is 4.90 Å². The number of nitrogens with zero attached hydrogens (tertiary/aromatic N) is 1. The lowest BCUT2D eigenvalue weighted by Gasteiger charge is -2.34. The topological polar surface area (TPSA) is 66.8 Å². The maximum atomic E-state index is 12.3. The minimum Gasteiger partial charge on any atom is -0.480 e. The summed E-state index contributed by atoms with van der Waals surface area (Å²) in [5.41, 5.74) is -0.590. The Morgan fingerprint density at radius 1 is 1.21 bits per heavy atom. The van der Waals surface area contributed by atoms with Gasteiger partial charge in [0.25, 0.3) is 0 Å². The number of hydrogen-bond acceptors (Lipinski definition) is 3. The van der Waals surface area contributed by atoms with Gasteiger partial charge < -0.3 is 9.84 Å². The molecule has 0 aromatic carbocycles. The highest BCUT2D eigenvalue weighted by atomic mass is 16.6. The summed E-state index contributed by atoms with van der Waals surface area (Å²) in [6.45, 7) is 5.40. The van der Waals surface area contributed by atoms with Gasteiger partial charge in [0.15, 0.2) is 0 Å². The highest BCUT2D eigenvalue weighted by Crippen LogP contribution is 2.40. The molecule has 3 atom stereocenters. The number of rotatable bonds is 1. The highest BCUT2D eigenvalue weighted by Gasteiger charge is 2.48. The normalized spacial score (nSPS) is 30.9. The molecule has 1 aliphatic heterocycles. The Balaban J connectivity index is 2.17. The number of carboxylic acid groups (broad SMARTS) is 1. The van der Waals surface area contributed by atoms with Crippen LogP contribution in [0.2, 0.25) is 0 Å². The molecule has 5 nitrogen and oxygen atoms in total. The van der Waals surface area contributed by atoms with Crippen LogP contribution in [0.15, 0.2) is 0 Å². The molecule has 2 aliphatic rings. The van der Waals surface area contributed by atoms with Crippen LogP contribution >= 0.6 is 0 Å². The molecule has 2 unspecified atom stereocenters. The van der Waals surface area contributed by atoms with Crippen molar-refractivity contribution in [1.82, 2.24) is 4.90 Å². The zero-order valence-electron chi connectivity index (χ0n) is 11.9. The SMILES string of the molecule is CC(C)(C)OC(=O)N1C(C(=O)O)CC2CCCC[C@@H]21. The highest BCUT2D eigenvalue weighted by molar-refractivity contribution is 5.81. The smallest absolute Gasteiger partial charge is 0.411 e. The lowest BCUT2D eigenvalue weighted by atomic mass is 9.85. The van der Waals surface area contributed by atoms with Gasteiger partial charge in [-0.15, -0.1) is 0 Å². The fraction of sp³-hybridized carbons (Fsp3) is 0.857. The fourth-order valence-electron chi connectivity index (χ4n) is 3.26. The average Bonchev–Trinajstić information content (AvgIpc) is 2.65. The summed E-state index contributed by atoms with van der Waals surface area (Å²) in [6.07, 6.45) is 4.21. The first-order chi connectivity index (χ1) is 8.79. The number of carboxylic acids is 1. The van der Waals surface area contributed by atoms with Crippen LogP contribution in [-0.4, -0.2) is 39.8 Å². The van der Waals surface area contributed by atoms with Gasteiger partial charge in [0, 0.05) is 6.04 Å². The molecule has 0 radical (unpaired) electrons. The molecule has 1 heterocycles. The second-order valence-corrected chi connectivity index (χ2v) is 6.59. The molecule has 2 rings (SSSR count). The summed E-state index contributed by atoms with van der Waals surface area (Å²) >= 11 is 0. The Morgan fingerprint density at radius 3 is 2.42 bits per heavy atom. The van der Waals surface area contributed by atoms with Crippen LogP contribution in [0, 0.1) is 5.92 Å². The number of carbonyl (C=O) groups excluding carboxylic acids is 1. The first kappa shape index (κ1) is 14.2. The number of aliphatic carboxylic acids is 1. The number of hydrogen-bond donors (Lipinski definition) is 1. The van der Waals surface area contributed by atoms with Crippen LogP contribution in [-0.2, 0) is 9.53 Å². The third-order valence-electron chi connectivity index (χ3n) is 3.98. The Bertz CT molecular complexity index is 374. The minimum atomic E-state index is -0.916. The molecular formula is C14H23NO4. The molecule has 1 N–H and O–H groups in total. The van der Waals surface area contributed by atoms with Gasteiger partial charge in [-0.05, 0) is 46.0 Å². The standard InChI is InChI=1S/C14H23NO4/c1-14(2,3)19-13(18)15-10-7-5-4-6-9(10)8-11(15)12(16)17/h9-11H,4-8H2,1-3H3,(H,16,17)/t9?,10-,11?/m0/s1. The number of fused-ring (bicyclic) bond motifs is 1. The first-order valence-electron chi connectivity index (χ1n) is 7.04. The van der Waals surface area contributed by atoms with Crippen molar-refractivity contribution in [3.63, 3.8) is 0 Å². The molecule has 1 saturated carbocycles. The minimum absolute atomic E-state index is 0.0460. The molecule has 0 aromatic rings. The van der Waals surface area contributed by atoms with E-state index in [1.807, 2.05) is 0 Å². The van der Waals surface area contributed by atoms with E-state index in [0.717, 1.165) is 25.7 Å². The number of carbonyl (C=O) groups is 2. The van der Waals surface area contributed by atoms with E-state index in [-0.39, 0.29) is 6.04 Å². The molecule has 19 heavy (non-hydrogen) atoms. The molecule has 1 amide bonds. The zero-order chi connectivity index (χ0) is 14.2. The summed E-state index contributed by atoms with van der Waals surface area (Å²) in [7, 11) is 0. The third-order valence-corrected chi connectivity index (χ3v) is 3.98. The maximum Gasteiger partial charge on any atom is 0.411 e. The van der Waals surface area contributed by atoms with Crippen molar-refractivity contribution in [3.8, 4) is 0 Å². The Morgan fingerprint density at radius 2 is 1.84 bits per heavy atom. The molecule has 0 spiro atoms. The van der Waals surface area contributed by atoms with Crippen molar-refractivity contribution in [2.75, 3.05) is 0 Å². The van der Waals surface area contributed by atoms with E-state index in [1.54, 1.807) is 20.8 Å². The lowest BCUT2D eigenvalue weighted by molar-refractivity contribution is -0.142. The van der Waals surface area contributed by atoms with E-state index < -0.39 is 23.7 Å². The second-order valence-electron chi connectivity index (χ2n) is 6.59. The fourth-order valence-corrected chi connectivity index (χ4v) is 3.26. The lowest BCUT2D eigenvalue weighted by Crippen LogP contribution is -2.48. The van der Waals surface area contributed by atoms with Crippen LogP contribution in [0.4, 0.5) is 4.79 Å². The van der Waals surface area contributed by atoms with Crippen molar-refractivity contribution >= 4 is 12.1 Å². The Hall–Kier alpha value is -1.26. The van der Waals surface area contributed by atoms with Crippen LogP contribution in [0.1, 0.15) is 52.9 Å². The van der Waals surface area contributed by atoms with Crippen molar-refractivity contribution in [3.05, 3.63) is 0 Å². The second kappa shape index (κ2) is 5.02. The van der Waals surface area contributed by atoms with Gasteiger partial charge in [-0.3, -0.25) is 4.90 Å². The zero-order valence-corrected chi connectivity index (χ0v) is 11.9. The molecule has 1 saturated heterocycles. The van der Waals surface area contributed by atoms with Gasteiger partial charge in [-0.1, -0.05) is 12.8 Å². The van der Waals surface area contributed by atoms with Crippen molar-refractivity contribution in [1.29, 1.82) is 0 Å². The monoisotopic (exact) mass is 269 g/mol. The molecular weight excluding hydrogens is 246 g/mol. The molecule has 108 valence electrons. The van der Waals surface area contributed by atoms with Crippen LogP contribution in [0.5, 0.6) is 0 Å². The van der Waals surface area contributed by atoms with Gasteiger partial charge >= 0.3 is 12.1 Å². The molecule has 2 fully saturated rings. The van der Waals surface area contributed by atoms with Crippen LogP contribution < -0.4 is 0 Å². The van der Waals surface area contributed by atoms with Gasteiger partial charge in [0.2, 0.25) is 0 Å². The van der Waals surface area contributed by atoms with E-state index >= 15 is 0 Å². The first-order valence-corrected chi connectivity index (χ1v) is 7.04. The van der Waals surface area contributed by atoms with Gasteiger partial charge in [-0.25, -0.2) is 9.59 Å². The predicted molar refractivity (Wildman–Crippen MR) is 69.9 cm³/mol. The third kappa shape index (κ3) is 3.01. The molecule has 1 aliphatic carbocycles. The van der Waals surface area contributed by atoms with E-state index in [0.29, 0.717) is 12.3 Å². The summed E-state index contributed by atoms with van der Waals surface area (Å²) in [4.78, 5) is 25.1. The van der Waals surface area contributed by atoms with Gasteiger partial charge in [0.05, 0.1) is 0 Å². The summed E-state index contributed by atoms with van der Waals surface area (Å²) in [6, 6.07) is -0.673. The van der Waals surface area contributed by atoms with Crippen LogP contribution in [0.25, 0.3) is 0 Å². The maximum absolute atomic E-state index is 12.3. The number of likely N-dealkylation sites (tertiary alicyclic amines) is 1. The largest absolute Gasteiger partial charge is 0.480 e. The summed E-state index contributed by atoms with van der Waals surface area (Å²) < 4.78 is 5.37. The van der Waals surface area contributed by atoms with E-state index in [4.69, 9.17) is 4.74 Å². The van der Waals surface area contributed by atoms with Crippen molar-refractivity contribution in [2.24, 2.45) is 5.92 Å². The number of amides is 1. The quantitative estimate of drug-likeness (QED) is 0.794. The van der Waals surface area contributed by atoms with Crippen molar-refractivity contribution < 1.29 is 19.4 Å². The number of ether oxygens (including phenoxy) is 1. The molecule has 0 bridgehead atoms. The van der Waals surface area contributed by atoms with E-state index in [2.05, 4.69) is 0 Å². The van der Waals surface area contributed by atoms with Crippen LogP contribution in [0.3, 0.4) is 0 Å². The van der Waals surface area contributed by atoms with Gasteiger partial charge in [0.1, 0.15) is 11.6 Å². The Kier molecular flexibility index (Phi) is 3.74. The van der Waals surface area contributed by atoms with E-state index in [9.17, 15) is 14.7 Å². The predicted octanol–water partition coefficient (Wildman–Crippen LogP) is 2.64. The summed E-state index contributed by atoms with van der Waals surface area (Å²) in [5.74, 6) is -0.595. The summed E-state index contributed by atoms with van der Waals surface area (Å²) in [5, 5.41) is 9.33. The van der Waals surface area contributed by atoms with Crippen molar-refractivity contribution in [2.45, 2.75) is 70.6 Å². The molecule has 0 aromatic heterocycles. The average molecular weight is 269 g/mol. The Labute approximate surface area is 113 Å². The van der Waals surface area contributed by atoms with Gasteiger partial charge in [-0.2, -0.15) is 0 Å².